The van der Waals surface area contributed by atoms with Crippen LogP contribution in [0.5, 0.6) is 11.5 Å². The van der Waals surface area contributed by atoms with Crippen molar-refractivity contribution in [2.24, 2.45) is 5.92 Å². The van der Waals surface area contributed by atoms with Gasteiger partial charge in [-0.15, -0.1) is 0 Å². The van der Waals surface area contributed by atoms with Crippen LogP contribution in [0.2, 0.25) is 5.02 Å². The van der Waals surface area contributed by atoms with Crippen molar-refractivity contribution in [3.63, 3.8) is 0 Å². The lowest BCUT2D eigenvalue weighted by Gasteiger charge is -2.33. The number of phenols is 1. The first kappa shape index (κ1) is 20.4. The third-order valence-corrected chi connectivity index (χ3v) is 5.26. The van der Waals surface area contributed by atoms with Gasteiger partial charge in [-0.3, -0.25) is 9.69 Å². The number of halogens is 2. The number of nitrogens with one attached hydrogen (secondary N) is 1. The summed E-state index contributed by atoms with van der Waals surface area (Å²) in [7, 11) is 1.50. The summed E-state index contributed by atoms with van der Waals surface area (Å²) >= 11 is 6.08. The lowest BCUT2D eigenvalue weighted by atomic mass is 9.97. The van der Waals surface area contributed by atoms with Crippen LogP contribution in [0.3, 0.4) is 0 Å². The predicted molar refractivity (Wildman–Crippen MR) is 106 cm³/mol. The van der Waals surface area contributed by atoms with E-state index in [0.717, 1.165) is 31.5 Å². The Kier molecular flexibility index (Phi) is 6.75. The van der Waals surface area contributed by atoms with E-state index in [2.05, 4.69) is 10.2 Å². The second-order valence-corrected chi connectivity index (χ2v) is 7.50. The van der Waals surface area contributed by atoms with Gasteiger partial charge in [-0.2, -0.15) is 0 Å². The lowest BCUT2D eigenvalue weighted by molar-refractivity contribution is 0.0930. The molecule has 1 heterocycles. The maximum absolute atomic E-state index is 13.0. The first-order valence-corrected chi connectivity index (χ1v) is 9.65. The zero-order valence-electron chi connectivity index (χ0n) is 15.8. The van der Waals surface area contributed by atoms with Crippen molar-refractivity contribution in [2.75, 3.05) is 26.7 Å². The SMILES string of the molecule is COc1cc(CN2CCCC(CNC(=O)c3ccc(F)cc3)C2)cc(Cl)c1O. The Balaban J connectivity index is 1.55. The fourth-order valence-electron chi connectivity index (χ4n) is 3.53. The minimum absolute atomic E-state index is 0.0482. The molecular weight excluding hydrogens is 383 g/mol. The molecule has 28 heavy (non-hydrogen) atoms. The van der Waals surface area contributed by atoms with Gasteiger partial charge in [0.1, 0.15) is 5.82 Å². The first-order chi connectivity index (χ1) is 13.5. The van der Waals surface area contributed by atoms with Crippen LogP contribution in [0.4, 0.5) is 4.39 Å². The first-order valence-electron chi connectivity index (χ1n) is 9.27. The number of piperidine rings is 1. The maximum atomic E-state index is 13.0. The Hall–Kier alpha value is -2.31. The quantitative estimate of drug-likeness (QED) is 0.765. The third-order valence-electron chi connectivity index (χ3n) is 4.98. The molecule has 1 unspecified atom stereocenters. The van der Waals surface area contributed by atoms with Crippen molar-refractivity contribution in [3.8, 4) is 11.5 Å². The number of aromatic hydroxyl groups is 1. The van der Waals surface area contributed by atoms with Gasteiger partial charge in [0, 0.05) is 25.2 Å². The molecule has 150 valence electrons. The van der Waals surface area contributed by atoms with Crippen LogP contribution in [0.1, 0.15) is 28.8 Å². The minimum atomic E-state index is -0.356. The van der Waals surface area contributed by atoms with E-state index in [1.807, 2.05) is 0 Å². The highest BCUT2D eigenvalue weighted by Crippen LogP contribution is 2.35. The summed E-state index contributed by atoms with van der Waals surface area (Å²) < 4.78 is 18.1. The molecule has 0 aromatic heterocycles. The smallest absolute Gasteiger partial charge is 0.251 e. The number of phenolic OH excluding ortho intramolecular Hbond substituents is 1. The molecule has 5 nitrogen and oxygen atoms in total. The molecule has 3 rings (SSSR count). The Labute approximate surface area is 169 Å². The topological polar surface area (TPSA) is 61.8 Å². The average molecular weight is 407 g/mol. The van der Waals surface area contributed by atoms with Gasteiger partial charge in [-0.1, -0.05) is 11.6 Å². The zero-order chi connectivity index (χ0) is 20.1. The normalized spacial score (nSPS) is 17.3. The summed E-state index contributed by atoms with van der Waals surface area (Å²) in [6.45, 7) is 3.08. The van der Waals surface area contributed by atoms with E-state index in [0.29, 0.717) is 30.3 Å². The highest BCUT2D eigenvalue weighted by Gasteiger charge is 2.21. The summed E-state index contributed by atoms with van der Waals surface area (Å²) in [6, 6.07) is 9.09. The zero-order valence-corrected chi connectivity index (χ0v) is 16.5. The second-order valence-electron chi connectivity index (χ2n) is 7.09. The van der Waals surface area contributed by atoms with Crippen molar-refractivity contribution < 1.29 is 19.0 Å². The lowest BCUT2D eigenvalue weighted by Crippen LogP contribution is -2.40. The Bertz CT molecular complexity index is 829. The number of hydrogen-bond acceptors (Lipinski definition) is 4. The second kappa shape index (κ2) is 9.26. The Morgan fingerprint density at radius 3 is 2.82 bits per heavy atom. The third kappa shape index (κ3) is 5.14. The standard InChI is InChI=1S/C21H24ClFN2O3/c1-28-19-10-15(9-18(22)20(19)26)13-25-8-2-3-14(12-25)11-24-21(27)16-4-6-17(23)7-5-16/h4-7,9-10,14,26H,2-3,8,11-13H2,1H3,(H,24,27). The monoisotopic (exact) mass is 406 g/mol. The van der Waals surface area contributed by atoms with Crippen molar-refractivity contribution in [2.45, 2.75) is 19.4 Å². The highest BCUT2D eigenvalue weighted by molar-refractivity contribution is 6.32. The van der Waals surface area contributed by atoms with E-state index in [9.17, 15) is 14.3 Å². The largest absolute Gasteiger partial charge is 0.503 e. The summed E-state index contributed by atoms with van der Waals surface area (Å²) in [4.78, 5) is 14.5. The van der Waals surface area contributed by atoms with E-state index in [-0.39, 0.29) is 22.5 Å². The number of hydrogen-bond donors (Lipinski definition) is 2. The molecule has 1 aliphatic heterocycles. The van der Waals surface area contributed by atoms with Gasteiger partial charge in [0.25, 0.3) is 5.91 Å². The number of ether oxygens (including phenoxy) is 1. The van der Waals surface area contributed by atoms with Gasteiger partial charge >= 0.3 is 0 Å². The molecule has 2 aromatic rings. The number of carbonyl (C=O) groups excluding carboxylic acids is 1. The van der Waals surface area contributed by atoms with E-state index in [1.165, 1.54) is 31.4 Å². The molecule has 2 aromatic carbocycles. The minimum Gasteiger partial charge on any atom is -0.503 e. The molecule has 0 saturated carbocycles. The summed E-state index contributed by atoms with van der Waals surface area (Å²) in [6.07, 6.45) is 2.08. The Morgan fingerprint density at radius 2 is 2.11 bits per heavy atom. The fourth-order valence-corrected chi connectivity index (χ4v) is 3.77. The molecule has 0 aliphatic carbocycles. The van der Waals surface area contributed by atoms with E-state index >= 15 is 0 Å². The summed E-state index contributed by atoms with van der Waals surface area (Å²) in [5, 5.41) is 13.1. The van der Waals surface area contributed by atoms with Gasteiger partial charge < -0.3 is 15.2 Å². The molecule has 1 amide bonds. The number of rotatable bonds is 6. The number of nitrogens with zero attached hydrogens (tertiary/aromatic N) is 1. The van der Waals surface area contributed by atoms with Gasteiger partial charge in [0.05, 0.1) is 12.1 Å². The fraction of sp³-hybridized carbons (Fsp3) is 0.381. The van der Waals surface area contributed by atoms with E-state index in [1.54, 1.807) is 12.1 Å². The molecular formula is C21H24ClFN2O3. The van der Waals surface area contributed by atoms with Gasteiger partial charge in [0.2, 0.25) is 0 Å². The Morgan fingerprint density at radius 1 is 1.36 bits per heavy atom. The molecule has 0 spiro atoms. The highest BCUT2D eigenvalue weighted by atomic mass is 35.5. The maximum Gasteiger partial charge on any atom is 0.251 e. The van der Waals surface area contributed by atoms with Crippen LogP contribution in [0, 0.1) is 11.7 Å². The van der Waals surface area contributed by atoms with Crippen LogP contribution in [-0.2, 0) is 6.54 Å². The van der Waals surface area contributed by atoms with Crippen LogP contribution in [-0.4, -0.2) is 42.7 Å². The molecule has 1 aliphatic rings. The van der Waals surface area contributed by atoms with E-state index in [4.69, 9.17) is 16.3 Å². The van der Waals surface area contributed by atoms with Gasteiger partial charge in [0.15, 0.2) is 11.5 Å². The van der Waals surface area contributed by atoms with Crippen LogP contribution in [0.15, 0.2) is 36.4 Å². The molecule has 1 saturated heterocycles. The molecule has 0 radical (unpaired) electrons. The molecule has 2 N–H and O–H groups in total. The number of methoxy groups -OCH3 is 1. The summed E-state index contributed by atoms with van der Waals surface area (Å²) in [5.41, 5.74) is 1.43. The predicted octanol–water partition coefficient (Wildman–Crippen LogP) is 3.84. The van der Waals surface area contributed by atoms with Crippen LogP contribution >= 0.6 is 11.6 Å². The number of amides is 1. The molecule has 1 atom stereocenters. The van der Waals surface area contributed by atoms with E-state index < -0.39 is 0 Å². The van der Waals surface area contributed by atoms with Crippen molar-refractivity contribution in [3.05, 3.63) is 58.4 Å². The number of carbonyl (C=O) groups is 1. The average Bonchev–Trinajstić information content (AvgIpc) is 2.69. The van der Waals surface area contributed by atoms with Gasteiger partial charge in [-0.05, 0) is 67.3 Å². The number of benzene rings is 2. The van der Waals surface area contributed by atoms with Crippen LogP contribution in [0.25, 0.3) is 0 Å². The van der Waals surface area contributed by atoms with Gasteiger partial charge in [-0.25, -0.2) is 4.39 Å². The molecule has 1 fully saturated rings. The molecule has 0 bridgehead atoms. The van der Waals surface area contributed by atoms with Crippen molar-refractivity contribution >= 4 is 17.5 Å². The van der Waals surface area contributed by atoms with Crippen LogP contribution < -0.4 is 10.1 Å². The van der Waals surface area contributed by atoms with Crippen molar-refractivity contribution in [1.82, 2.24) is 10.2 Å². The molecule has 7 heteroatoms. The van der Waals surface area contributed by atoms with Crippen molar-refractivity contribution in [1.29, 1.82) is 0 Å². The number of likely N-dealkylation sites (tertiary alicyclic amines) is 1. The summed E-state index contributed by atoms with van der Waals surface area (Å²) in [5.74, 6) is 0.112.